The van der Waals surface area contributed by atoms with Crippen LogP contribution >= 0.6 is 55.1 Å². The van der Waals surface area contributed by atoms with Gasteiger partial charge in [0.2, 0.25) is 0 Å². The zero-order valence-corrected chi connectivity index (χ0v) is 23.6. The van der Waals surface area contributed by atoms with E-state index in [4.69, 9.17) is 37.4 Å². The van der Waals surface area contributed by atoms with Gasteiger partial charge in [0.1, 0.15) is 12.4 Å². The van der Waals surface area contributed by atoms with E-state index in [-0.39, 0.29) is 6.61 Å². The van der Waals surface area contributed by atoms with Crippen LogP contribution in [0, 0.1) is 0 Å². The molecule has 0 heterocycles. The topological polar surface area (TPSA) is 69.2 Å². The van der Waals surface area contributed by atoms with Gasteiger partial charge in [-0.05, 0) is 64.8 Å². The van der Waals surface area contributed by atoms with Gasteiger partial charge < -0.3 is 14.2 Å². The maximum atomic E-state index is 12.6. The summed E-state index contributed by atoms with van der Waals surface area (Å²) >= 11 is 19.2. The number of rotatable bonds is 10. The summed E-state index contributed by atoms with van der Waals surface area (Å²) in [6.07, 6.45) is 2.37. The van der Waals surface area contributed by atoms with Crippen molar-refractivity contribution in [2.24, 2.45) is 5.10 Å². The van der Waals surface area contributed by atoms with Crippen LogP contribution in [-0.2, 0) is 6.61 Å². The molecule has 0 unspecified atom stereocenters. The number of ether oxygens (including phenoxy) is 3. The molecule has 0 aromatic heterocycles. The van der Waals surface area contributed by atoms with Gasteiger partial charge in [0.05, 0.1) is 24.4 Å². The Balaban J connectivity index is 1.74. The van der Waals surface area contributed by atoms with E-state index >= 15 is 0 Å². The minimum atomic E-state index is -0.397. The van der Waals surface area contributed by atoms with E-state index in [9.17, 15) is 4.79 Å². The van der Waals surface area contributed by atoms with E-state index in [1.165, 1.54) is 13.3 Å². The number of carbonyl (C=O) groups excluding carboxylic acids is 1. The van der Waals surface area contributed by atoms with Gasteiger partial charge in [-0.3, -0.25) is 4.79 Å². The molecule has 0 saturated heterocycles. The van der Waals surface area contributed by atoms with Crippen LogP contribution in [0.15, 0.2) is 62.6 Å². The third-order valence-corrected chi connectivity index (χ3v) is 6.32. The second-order valence-corrected chi connectivity index (χ2v) is 9.86. The first kappa shape index (κ1) is 27.3. The summed E-state index contributed by atoms with van der Waals surface area (Å²) in [5.74, 6) is 1.20. The predicted octanol–water partition coefficient (Wildman–Crippen LogP) is 7.66. The average molecular weight is 645 g/mol. The summed E-state index contributed by atoms with van der Waals surface area (Å²) in [7, 11) is 1.53. The van der Waals surface area contributed by atoms with E-state index in [1.807, 2.05) is 19.1 Å². The molecule has 3 aromatic carbocycles. The molecule has 0 fully saturated rings. The smallest absolute Gasteiger partial charge is 0.271 e. The molecule has 0 bridgehead atoms. The Hall–Kier alpha value is -2.26. The first-order valence-corrected chi connectivity index (χ1v) is 12.9. The molecule has 10 heteroatoms. The molecule has 0 atom stereocenters. The Kier molecular flexibility index (Phi) is 10.3. The summed E-state index contributed by atoms with van der Waals surface area (Å²) < 4.78 is 18.5. The number of amides is 1. The lowest BCUT2D eigenvalue weighted by atomic mass is 10.2. The summed E-state index contributed by atoms with van der Waals surface area (Å²) in [5, 5.41) is 5.17. The maximum absolute atomic E-state index is 12.6. The van der Waals surface area contributed by atoms with Crippen LogP contribution in [0.5, 0.6) is 17.2 Å². The van der Waals surface area contributed by atoms with Gasteiger partial charge in [0.25, 0.3) is 5.91 Å². The lowest BCUT2D eigenvalue weighted by molar-refractivity contribution is 0.0954. The lowest BCUT2D eigenvalue weighted by Gasteiger charge is -2.13. The van der Waals surface area contributed by atoms with Gasteiger partial charge in [0, 0.05) is 31.2 Å². The van der Waals surface area contributed by atoms with E-state index in [2.05, 4.69) is 42.4 Å². The number of nitrogens with one attached hydrogen (secondary N) is 1. The van der Waals surface area contributed by atoms with Crippen molar-refractivity contribution in [1.82, 2.24) is 5.43 Å². The predicted molar refractivity (Wildman–Crippen MR) is 146 cm³/mol. The quantitative estimate of drug-likeness (QED) is 0.182. The monoisotopic (exact) mass is 642 g/mol. The van der Waals surface area contributed by atoms with Crippen molar-refractivity contribution in [3.63, 3.8) is 0 Å². The van der Waals surface area contributed by atoms with Crippen molar-refractivity contribution in [1.29, 1.82) is 0 Å². The molecule has 0 aliphatic carbocycles. The number of nitrogens with zero attached hydrogens (tertiary/aromatic N) is 1. The van der Waals surface area contributed by atoms with Gasteiger partial charge >= 0.3 is 0 Å². The van der Waals surface area contributed by atoms with Crippen LogP contribution in [0.3, 0.4) is 0 Å². The number of benzene rings is 3. The fourth-order valence-electron chi connectivity index (χ4n) is 2.98. The molecule has 3 rings (SSSR count). The second kappa shape index (κ2) is 13.2. The molecule has 0 aliphatic heterocycles. The lowest BCUT2D eigenvalue weighted by Crippen LogP contribution is -2.17. The first-order chi connectivity index (χ1) is 16.8. The highest BCUT2D eigenvalue weighted by atomic mass is 79.9. The van der Waals surface area contributed by atoms with Crippen molar-refractivity contribution in [2.45, 2.75) is 20.0 Å². The zero-order valence-electron chi connectivity index (χ0n) is 18.9. The minimum Gasteiger partial charge on any atom is -0.493 e. The number of halogens is 4. The van der Waals surface area contributed by atoms with Crippen molar-refractivity contribution >= 4 is 67.2 Å². The Morgan fingerprint density at radius 2 is 1.86 bits per heavy atom. The second-order valence-electron chi connectivity index (χ2n) is 7.24. The van der Waals surface area contributed by atoms with Crippen molar-refractivity contribution in [2.75, 3.05) is 13.7 Å². The SMILES string of the molecule is CCCOc1ccc(C(=O)N/N=C/c2cc(Br)cc(Br)c2OCc2ccc(Cl)cc2Cl)cc1OC. The molecule has 0 aliphatic rings. The number of hydrazone groups is 1. The number of methoxy groups -OCH3 is 1. The number of hydrogen-bond donors (Lipinski definition) is 1. The highest BCUT2D eigenvalue weighted by Gasteiger charge is 2.13. The minimum absolute atomic E-state index is 0.218. The third kappa shape index (κ3) is 7.61. The Morgan fingerprint density at radius 1 is 1.06 bits per heavy atom. The Bertz CT molecular complexity index is 1240. The molecular weight excluding hydrogens is 623 g/mol. The van der Waals surface area contributed by atoms with Crippen LogP contribution in [0.4, 0.5) is 0 Å². The van der Waals surface area contributed by atoms with E-state index in [0.29, 0.717) is 49.5 Å². The maximum Gasteiger partial charge on any atom is 0.271 e. The van der Waals surface area contributed by atoms with Gasteiger partial charge in [-0.1, -0.05) is 52.1 Å². The molecule has 0 radical (unpaired) electrons. The van der Waals surface area contributed by atoms with Gasteiger partial charge in [-0.15, -0.1) is 0 Å². The molecule has 1 amide bonds. The summed E-state index contributed by atoms with van der Waals surface area (Å²) in [4.78, 5) is 12.6. The van der Waals surface area contributed by atoms with Crippen LogP contribution in [-0.4, -0.2) is 25.8 Å². The van der Waals surface area contributed by atoms with Crippen LogP contribution in [0.2, 0.25) is 10.0 Å². The summed E-state index contributed by atoms with van der Waals surface area (Å²) in [6, 6.07) is 13.8. The van der Waals surface area contributed by atoms with E-state index in [1.54, 1.807) is 36.4 Å². The molecular formula is C25H22Br2Cl2N2O4. The molecule has 6 nitrogen and oxygen atoms in total. The Labute approximate surface area is 230 Å². The van der Waals surface area contributed by atoms with E-state index in [0.717, 1.165) is 16.5 Å². The Morgan fingerprint density at radius 3 is 2.57 bits per heavy atom. The van der Waals surface area contributed by atoms with Crippen molar-refractivity contribution < 1.29 is 19.0 Å². The molecule has 1 N–H and O–H groups in total. The zero-order chi connectivity index (χ0) is 25.4. The fourth-order valence-corrected chi connectivity index (χ4v) is 4.82. The van der Waals surface area contributed by atoms with Gasteiger partial charge in [-0.2, -0.15) is 5.10 Å². The summed E-state index contributed by atoms with van der Waals surface area (Å²) in [6.45, 7) is 2.79. The van der Waals surface area contributed by atoms with Gasteiger partial charge in [-0.25, -0.2) is 5.43 Å². The normalized spacial score (nSPS) is 10.9. The molecule has 35 heavy (non-hydrogen) atoms. The fraction of sp³-hybridized carbons (Fsp3) is 0.200. The molecule has 0 spiro atoms. The molecule has 184 valence electrons. The standard InChI is InChI=1S/C25H22Br2Cl2N2O4/c1-3-8-34-22-7-5-15(10-23(22)33-2)25(32)31-30-13-17-9-18(26)11-20(27)24(17)35-14-16-4-6-19(28)12-21(16)29/h4-7,9-13H,3,8,14H2,1-2H3,(H,31,32)/b30-13+. The third-order valence-electron chi connectivity index (χ3n) is 4.68. The number of hydrogen-bond acceptors (Lipinski definition) is 5. The highest BCUT2D eigenvalue weighted by Crippen LogP contribution is 2.33. The average Bonchev–Trinajstić information content (AvgIpc) is 2.83. The largest absolute Gasteiger partial charge is 0.493 e. The van der Waals surface area contributed by atoms with Crippen molar-refractivity contribution in [3.8, 4) is 17.2 Å². The van der Waals surface area contributed by atoms with Crippen LogP contribution in [0.1, 0.15) is 34.8 Å². The highest BCUT2D eigenvalue weighted by molar-refractivity contribution is 9.11. The summed E-state index contributed by atoms with van der Waals surface area (Å²) in [5.41, 5.74) is 4.33. The molecule has 0 saturated carbocycles. The number of carbonyl (C=O) groups is 1. The first-order valence-electron chi connectivity index (χ1n) is 10.5. The van der Waals surface area contributed by atoms with Gasteiger partial charge in [0.15, 0.2) is 11.5 Å². The van der Waals surface area contributed by atoms with Crippen LogP contribution < -0.4 is 19.6 Å². The van der Waals surface area contributed by atoms with Crippen molar-refractivity contribution in [3.05, 3.63) is 84.2 Å². The molecule has 3 aromatic rings. The van der Waals surface area contributed by atoms with E-state index < -0.39 is 5.91 Å². The van der Waals surface area contributed by atoms with Crippen LogP contribution in [0.25, 0.3) is 0 Å².